The molecule has 1 amide bonds. The fourth-order valence-electron chi connectivity index (χ4n) is 2.58. The monoisotopic (exact) mass is 403 g/mol. The lowest BCUT2D eigenvalue weighted by Crippen LogP contribution is -2.27. The van der Waals surface area contributed by atoms with E-state index in [9.17, 15) is 14.9 Å². The normalized spacial score (nSPS) is 14.6. The molecule has 7 heteroatoms. The number of anilines is 1. The van der Waals surface area contributed by atoms with Gasteiger partial charge in [-0.15, -0.1) is 0 Å². The Labute approximate surface area is 153 Å². The summed E-state index contributed by atoms with van der Waals surface area (Å²) in [5.41, 5.74) is 1.60. The van der Waals surface area contributed by atoms with E-state index in [1.54, 1.807) is 12.1 Å². The second-order valence-corrected chi connectivity index (χ2v) is 6.98. The van der Waals surface area contributed by atoms with Crippen LogP contribution in [-0.2, 0) is 0 Å². The van der Waals surface area contributed by atoms with Gasteiger partial charge in [-0.2, -0.15) is 0 Å². The Bertz CT molecular complexity index is 821. The van der Waals surface area contributed by atoms with Gasteiger partial charge in [-0.3, -0.25) is 14.9 Å². The van der Waals surface area contributed by atoms with E-state index < -0.39 is 4.92 Å². The SMILES string of the molecule is CC(NC(=O)c1ccc(NC2CC2)c([N+](=O)[O-])c1)c1ccccc1Br. The molecule has 1 atom stereocenters. The molecule has 3 rings (SSSR count). The number of nitrogens with one attached hydrogen (secondary N) is 2. The number of carbonyl (C=O) groups is 1. The lowest BCUT2D eigenvalue weighted by molar-refractivity contribution is -0.384. The van der Waals surface area contributed by atoms with E-state index in [-0.39, 0.29) is 23.2 Å². The lowest BCUT2D eigenvalue weighted by atomic mass is 10.1. The van der Waals surface area contributed by atoms with Crippen LogP contribution >= 0.6 is 15.9 Å². The highest BCUT2D eigenvalue weighted by Crippen LogP contribution is 2.31. The molecule has 0 heterocycles. The second-order valence-electron chi connectivity index (χ2n) is 6.12. The number of nitro benzene ring substituents is 1. The molecule has 25 heavy (non-hydrogen) atoms. The molecule has 1 saturated carbocycles. The molecule has 0 aliphatic heterocycles. The summed E-state index contributed by atoms with van der Waals surface area (Å²) in [5, 5.41) is 17.3. The zero-order valence-electron chi connectivity index (χ0n) is 13.7. The van der Waals surface area contributed by atoms with Crippen molar-refractivity contribution in [1.82, 2.24) is 5.32 Å². The van der Waals surface area contributed by atoms with E-state index in [1.807, 2.05) is 31.2 Å². The molecule has 2 N–H and O–H groups in total. The molecule has 6 nitrogen and oxygen atoms in total. The quantitative estimate of drug-likeness (QED) is 0.551. The molecule has 0 radical (unpaired) electrons. The third-order valence-corrected chi connectivity index (χ3v) is 4.84. The van der Waals surface area contributed by atoms with E-state index >= 15 is 0 Å². The number of halogens is 1. The molecule has 1 fully saturated rings. The summed E-state index contributed by atoms with van der Waals surface area (Å²) in [6.07, 6.45) is 2.03. The number of hydrogen-bond donors (Lipinski definition) is 2. The topological polar surface area (TPSA) is 84.3 Å². The van der Waals surface area contributed by atoms with Gasteiger partial charge in [-0.1, -0.05) is 34.1 Å². The second kappa shape index (κ2) is 7.23. The predicted molar refractivity (Wildman–Crippen MR) is 99.8 cm³/mol. The Balaban J connectivity index is 1.78. The average Bonchev–Trinajstić information content (AvgIpc) is 3.39. The smallest absolute Gasteiger partial charge is 0.293 e. The highest BCUT2D eigenvalue weighted by Gasteiger charge is 2.25. The van der Waals surface area contributed by atoms with Crippen molar-refractivity contribution in [2.75, 3.05) is 5.32 Å². The molecule has 1 unspecified atom stereocenters. The summed E-state index contributed by atoms with van der Waals surface area (Å²) in [5.74, 6) is -0.343. The van der Waals surface area contributed by atoms with E-state index in [1.165, 1.54) is 6.07 Å². The third kappa shape index (κ3) is 4.17. The van der Waals surface area contributed by atoms with Crippen molar-refractivity contribution < 1.29 is 9.72 Å². The first kappa shape index (κ1) is 17.4. The van der Waals surface area contributed by atoms with Crippen molar-refractivity contribution in [3.8, 4) is 0 Å². The summed E-state index contributed by atoms with van der Waals surface area (Å²) < 4.78 is 0.901. The van der Waals surface area contributed by atoms with Gasteiger partial charge >= 0.3 is 0 Å². The Kier molecular flexibility index (Phi) is 5.03. The summed E-state index contributed by atoms with van der Waals surface area (Å²) in [6, 6.07) is 12.2. The van der Waals surface area contributed by atoms with Crippen LogP contribution in [0.5, 0.6) is 0 Å². The number of rotatable bonds is 6. The summed E-state index contributed by atoms with van der Waals surface area (Å²) in [7, 11) is 0. The number of benzene rings is 2. The van der Waals surface area contributed by atoms with Crippen LogP contribution in [-0.4, -0.2) is 16.9 Å². The van der Waals surface area contributed by atoms with Crippen molar-refractivity contribution in [1.29, 1.82) is 0 Å². The molecule has 0 saturated heterocycles. The van der Waals surface area contributed by atoms with E-state index in [0.717, 1.165) is 22.9 Å². The van der Waals surface area contributed by atoms with Crippen molar-refractivity contribution in [2.45, 2.75) is 31.8 Å². The van der Waals surface area contributed by atoms with Crippen LogP contribution in [0.4, 0.5) is 11.4 Å². The zero-order valence-corrected chi connectivity index (χ0v) is 15.2. The van der Waals surface area contributed by atoms with Gasteiger partial charge in [-0.25, -0.2) is 0 Å². The number of hydrogen-bond acceptors (Lipinski definition) is 4. The summed E-state index contributed by atoms with van der Waals surface area (Å²) in [4.78, 5) is 23.3. The first-order chi connectivity index (χ1) is 12.0. The largest absolute Gasteiger partial charge is 0.377 e. The van der Waals surface area contributed by atoms with E-state index in [0.29, 0.717) is 11.7 Å². The molecule has 1 aliphatic rings. The minimum Gasteiger partial charge on any atom is -0.377 e. The average molecular weight is 404 g/mol. The number of nitrogens with zero attached hydrogens (tertiary/aromatic N) is 1. The highest BCUT2D eigenvalue weighted by atomic mass is 79.9. The molecule has 130 valence electrons. The molecular weight excluding hydrogens is 386 g/mol. The first-order valence-electron chi connectivity index (χ1n) is 8.06. The Morgan fingerprint density at radius 2 is 2.00 bits per heavy atom. The predicted octanol–water partition coefficient (Wildman–Crippen LogP) is 4.42. The van der Waals surface area contributed by atoms with Gasteiger partial charge in [0.25, 0.3) is 11.6 Å². The standard InChI is InChI=1S/C18H18BrN3O3/c1-11(14-4-2-3-5-15(14)19)20-18(23)12-6-9-16(21-13-7-8-13)17(10-12)22(24)25/h2-6,9-11,13,21H,7-8H2,1H3,(H,20,23). The van der Waals surface area contributed by atoms with E-state index in [2.05, 4.69) is 26.6 Å². The van der Waals surface area contributed by atoms with Crippen LogP contribution in [0, 0.1) is 10.1 Å². The molecule has 0 aromatic heterocycles. The summed E-state index contributed by atoms with van der Waals surface area (Å²) >= 11 is 3.46. The van der Waals surface area contributed by atoms with Gasteiger partial charge < -0.3 is 10.6 Å². The fourth-order valence-corrected chi connectivity index (χ4v) is 3.21. The van der Waals surface area contributed by atoms with Gasteiger partial charge in [0, 0.05) is 22.1 Å². The van der Waals surface area contributed by atoms with Crippen LogP contribution in [0.15, 0.2) is 46.9 Å². The first-order valence-corrected chi connectivity index (χ1v) is 8.85. The number of nitro groups is 1. The maximum atomic E-state index is 12.5. The van der Waals surface area contributed by atoms with Gasteiger partial charge in [0.1, 0.15) is 5.69 Å². The maximum Gasteiger partial charge on any atom is 0.293 e. The Morgan fingerprint density at radius 3 is 2.64 bits per heavy atom. The third-order valence-electron chi connectivity index (χ3n) is 4.11. The van der Waals surface area contributed by atoms with Crippen LogP contribution in [0.25, 0.3) is 0 Å². The number of amides is 1. The van der Waals surface area contributed by atoms with Crippen molar-refractivity contribution in [2.24, 2.45) is 0 Å². The molecule has 0 spiro atoms. The zero-order chi connectivity index (χ0) is 18.0. The van der Waals surface area contributed by atoms with E-state index in [4.69, 9.17) is 0 Å². The van der Waals surface area contributed by atoms with Crippen LogP contribution in [0.2, 0.25) is 0 Å². The van der Waals surface area contributed by atoms with Gasteiger partial charge in [0.05, 0.1) is 11.0 Å². The molecule has 0 bridgehead atoms. The minimum atomic E-state index is -0.460. The van der Waals surface area contributed by atoms with Crippen molar-refractivity contribution in [3.63, 3.8) is 0 Å². The number of carbonyl (C=O) groups excluding carboxylic acids is 1. The van der Waals surface area contributed by atoms with Crippen LogP contribution in [0.3, 0.4) is 0 Å². The van der Waals surface area contributed by atoms with Crippen LogP contribution < -0.4 is 10.6 Å². The van der Waals surface area contributed by atoms with Gasteiger partial charge in [0.15, 0.2) is 0 Å². The summed E-state index contributed by atoms with van der Waals surface area (Å²) in [6.45, 7) is 1.87. The minimum absolute atomic E-state index is 0.0758. The Hall–Kier alpha value is -2.41. The van der Waals surface area contributed by atoms with Crippen molar-refractivity contribution >= 4 is 33.2 Å². The van der Waals surface area contributed by atoms with Crippen LogP contribution in [0.1, 0.15) is 41.7 Å². The van der Waals surface area contributed by atoms with Gasteiger partial charge in [-0.05, 0) is 43.5 Å². The Morgan fingerprint density at radius 1 is 1.28 bits per heavy atom. The van der Waals surface area contributed by atoms with Gasteiger partial charge in [0.2, 0.25) is 0 Å². The molecule has 2 aromatic rings. The molecule has 2 aromatic carbocycles. The molecular formula is C18H18BrN3O3. The molecule has 1 aliphatic carbocycles. The highest BCUT2D eigenvalue weighted by molar-refractivity contribution is 9.10. The fraction of sp³-hybridized carbons (Fsp3) is 0.278. The maximum absolute atomic E-state index is 12.5. The van der Waals surface area contributed by atoms with Crippen molar-refractivity contribution in [3.05, 3.63) is 68.2 Å². The lowest BCUT2D eigenvalue weighted by Gasteiger charge is -2.16.